The molecule has 0 unspecified atom stereocenters. The summed E-state index contributed by atoms with van der Waals surface area (Å²) in [6.45, 7) is 8.22. The van der Waals surface area contributed by atoms with Gasteiger partial charge in [-0.15, -0.1) is 36.2 Å². The van der Waals surface area contributed by atoms with Gasteiger partial charge in [0, 0.05) is 43.3 Å². The number of nitrogens with one attached hydrogen (secondary N) is 2. The first-order chi connectivity index (χ1) is 11.6. The molecule has 0 aliphatic carbocycles. The molecule has 1 fully saturated rings. The number of nitrogens with zero attached hydrogens (tertiary/aromatic N) is 2. The van der Waals surface area contributed by atoms with E-state index in [1.165, 1.54) is 5.56 Å². The Morgan fingerprint density at radius 1 is 1.35 bits per heavy atom. The van der Waals surface area contributed by atoms with Gasteiger partial charge in [-0.05, 0) is 26.0 Å². The Kier molecular flexibility index (Phi) is 9.54. The molecule has 0 saturated carbocycles. The third-order valence-corrected chi connectivity index (χ3v) is 5.15. The molecule has 1 aliphatic heterocycles. The van der Waals surface area contributed by atoms with E-state index in [0.29, 0.717) is 12.5 Å². The van der Waals surface area contributed by atoms with Crippen LogP contribution >= 0.6 is 36.2 Å². The number of carbonyl (C=O) groups excluding carboxylic acids is 1. The molecule has 0 spiro atoms. The number of hydrogen-bond acceptors (Lipinski definition) is 5. The summed E-state index contributed by atoms with van der Waals surface area (Å²) in [5, 5.41) is 9.27. The van der Waals surface area contributed by atoms with Crippen LogP contribution in [0.5, 0.6) is 0 Å². The summed E-state index contributed by atoms with van der Waals surface area (Å²) in [5.74, 6) is -0.0182. The molecule has 1 atom stereocenters. The second-order valence-corrected chi connectivity index (χ2v) is 7.29. The Balaban J connectivity index is 0.00000169. The van der Waals surface area contributed by atoms with E-state index in [1.807, 2.05) is 31.2 Å². The van der Waals surface area contributed by atoms with E-state index in [0.717, 1.165) is 42.6 Å². The summed E-state index contributed by atoms with van der Waals surface area (Å²) in [4.78, 5) is 19.2. The molecule has 1 aliphatic rings. The van der Waals surface area contributed by atoms with E-state index in [1.54, 1.807) is 11.3 Å². The molecule has 2 N–H and O–H groups in total. The Morgan fingerprint density at radius 2 is 2.08 bits per heavy atom. The normalized spacial score (nSPS) is 17.1. The van der Waals surface area contributed by atoms with Crippen LogP contribution in [-0.4, -0.2) is 41.5 Å². The zero-order valence-electron chi connectivity index (χ0n) is 15.0. The minimum atomic E-state index is -0.0182. The van der Waals surface area contributed by atoms with Crippen LogP contribution in [0.1, 0.15) is 23.2 Å². The van der Waals surface area contributed by atoms with Gasteiger partial charge < -0.3 is 10.6 Å². The Bertz CT molecular complexity index is 693. The number of aryl methyl sites for hydroxylation is 1. The van der Waals surface area contributed by atoms with Crippen molar-refractivity contribution in [3.8, 4) is 0 Å². The van der Waals surface area contributed by atoms with Crippen molar-refractivity contribution in [1.29, 1.82) is 0 Å². The van der Waals surface area contributed by atoms with Gasteiger partial charge in [-0.2, -0.15) is 0 Å². The van der Waals surface area contributed by atoms with Crippen molar-refractivity contribution in [2.45, 2.75) is 32.9 Å². The maximum Gasteiger partial charge on any atom is 0.231 e. The molecule has 1 saturated heterocycles. The summed E-state index contributed by atoms with van der Waals surface area (Å²) in [6.07, 6.45) is 0.329. The summed E-state index contributed by atoms with van der Waals surface area (Å²) in [7, 11) is 0. The van der Waals surface area contributed by atoms with E-state index < -0.39 is 0 Å². The molecule has 3 rings (SSSR count). The van der Waals surface area contributed by atoms with E-state index in [2.05, 4.69) is 32.8 Å². The van der Waals surface area contributed by atoms with E-state index >= 15 is 0 Å². The van der Waals surface area contributed by atoms with Crippen molar-refractivity contribution in [2.75, 3.05) is 25.0 Å². The van der Waals surface area contributed by atoms with Gasteiger partial charge in [-0.25, -0.2) is 4.98 Å². The predicted molar refractivity (Wildman–Crippen MR) is 113 cm³/mol. The van der Waals surface area contributed by atoms with Crippen molar-refractivity contribution in [3.63, 3.8) is 0 Å². The summed E-state index contributed by atoms with van der Waals surface area (Å²) in [6, 6.07) is 8.35. The van der Waals surface area contributed by atoms with Gasteiger partial charge >= 0.3 is 0 Å². The van der Waals surface area contributed by atoms with Crippen LogP contribution in [0.25, 0.3) is 0 Å². The lowest BCUT2D eigenvalue weighted by atomic mass is 10.2. The monoisotopic (exact) mass is 416 g/mol. The molecule has 0 radical (unpaired) electrons. The number of carbonyl (C=O) groups is 1. The Hall–Kier alpha value is -1.18. The van der Waals surface area contributed by atoms with Gasteiger partial charge in [0.05, 0.1) is 12.1 Å². The second kappa shape index (κ2) is 10.8. The standard InChI is InChI=1S/C18H24N4OS.2ClH/c1-13-3-5-15(6-4-13)20-17(23)9-18-21-16(12-24-18)11-22-8-7-19-10-14(22)2;;/h3-6,12,14,19H,7-11H2,1-2H3,(H,20,23);2*1H/t14-;;/m0../s1. The van der Waals surface area contributed by atoms with Crippen molar-refractivity contribution >= 4 is 47.7 Å². The van der Waals surface area contributed by atoms with Gasteiger partial charge in [0.1, 0.15) is 5.01 Å². The lowest BCUT2D eigenvalue weighted by Gasteiger charge is -2.33. The predicted octanol–water partition coefficient (Wildman–Crippen LogP) is 3.27. The number of amides is 1. The molecule has 144 valence electrons. The van der Waals surface area contributed by atoms with E-state index in [4.69, 9.17) is 0 Å². The Labute approximate surface area is 171 Å². The number of halogens is 2. The molecule has 2 aromatic rings. The molecule has 5 nitrogen and oxygen atoms in total. The summed E-state index contributed by atoms with van der Waals surface area (Å²) < 4.78 is 0. The first-order valence-corrected chi connectivity index (χ1v) is 9.22. The van der Waals surface area contributed by atoms with Gasteiger partial charge in [-0.1, -0.05) is 17.7 Å². The highest BCUT2D eigenvalue weighted by atomic mass is 35.5. The van der Waals surface area contributed by atoms with Crippen molar-refractivity contribution in [3.05, 3.63) is 45.9 Å². The minimum absolute atomic E-state index is 0. The molecule has 0 bridgehead atoms. The topological polar surface area (TPSA) is 57.3 Å². The van der Waals surface area contributed by atoms with Crippen molar-refractivity contribution in [1.82, 2.24) is 15.2 Å². The average molecular weight is 417 g/mol. The highest BCUT2D eigenvalue weighted by molar-refractivity contribution is 7.09. The zero-order chi connectivity index (χ0) is 16.9. The minimum Gasteiger partial charge on any atom is -0.326 e. The largest absolute Gasteiger partial charge is 0.326 e. The van der Waals surface area contributed by atoms with Gasteiger partial charge in [0.15, 0.2) is 0 Å². The van der Waals surface area contributed by atoms with Crippen LogP contribution in [-0.2, 0) is 17.8 Å². The number of thiazole rings is 1. The molecular weight excluding hydrogens is 391 g/mol. The zero-order valence-corrected chi connectivity index (χ0v) is 17.5. The second-order valence-electron chi connectivity index (χ2n) is 6.35. The average Bonchev–Trinajstić information content (AvgIpc) is 2.99. The van der Waals surface area contributed by atoms with Crippen LogP contribution in [0.4, 0.5) is 5.69 Å². The molecular formula is C18H26Cl2N4OS. The van der Waals surface area contributed by atoms with Crippen LogP contribution in [0.2, 0.25) is 0 Å². The number of rotatable bonds is 5. The third kappa shape index (κ3) is 6.52. The fourth-order valence-electron chi connectivity index (χ4n) is 2.81. The summed E-state index contributed by atoms with van der Waals surface area (Å²) in [5.41, 5.74) is 3.07. The van der Waals surface area contributed by atoms with Gasteiger partial charge in [0.25, 0.3) is 0 Å². The van der Waals surface area contributed by atoms with Crippen LogP contribution in [0, 0.1) is 6.92 Å². The number of aromatic nitrogens is 1. The van der Waals surface area contributed by atoms with E-state index in [9.17, 15) is 4.79 Å². The molecule has 2 heterocycles. The Morgan fingerprint density at radius 3 is 2.77 bits per heavy atom. The van der Waals surface area contributed by atoms with Gasteiger partial charge in [-0.3, -0.25) is 9.69 Å². The van der Waals surface area contributed by atoms with Gasteiger partial charge in [0.2, 0.25) is 5.91 Å². The lowest BCUT2D eigenvalue weighted by Crippen LogP contribution is -2.49. The highest BCUT2D eigenvalue weighted by Crippen LogP contribution is 2.16. The number of benzene rings is 1. The SMILES string of the molecule is Cc1ccc(NC(=O)Cc2nc(CN3CCNC[C@@H]3C)cs2)cc1.Cl.Cl. The summed E-state index contributed by atoms with van der Waals surface area (Å²) >= 11 is 1.57. The lowest BCUT2D eigenvalue weighted by molar-refractivity contribution is -0.115. The quantitative estimate of drug-likeness (QED) is 0.784. The number of anilines is 1. The number of hydrogen-bond donors (Lipinski definition) is 2. The smallest absolute Gasteiger partial charge is 0.231 e. The highest BCUT2D eigenvalue weighted by Gasteiger charge is 2.19. The fourth-order valence-corrected chi connectivity index (χ4v) is 3.59. The number of piperazine rings is 1. The van der Waals surface area contributed by atoms with Crippen LogP contribution in [0.3, 0.4) is 0 Å². The first-order valence-electron chi connectivity index (χ1n) is 8.35. The third-order valence-electron chi connectivity index (χ3n) is 4.25. The maximum absolute atomic E-state index is 12.2. The fraction of sp³-hybridized carbons (Fsp3) is 0.444. The van der Waals surface area contributed by atoms with Crippen molar-refractivity contribution in [2.24, 2.45) is 0 Å². The maximum atomic E-state index is 12.2. The molecule has 26 heavy (non-hydrogen) atoms. The molecule has 1 amide bonds. The molecule has 8 heteroatoms. The van der Waals surface area contributed by atoms with Crippen LogP contribution in [0.15, 0.2) is 29.6 Å². The first kappa shape index (κ1) is 22.9. The van der Waals surface area contributed by atoms with E-state index in [-0.39, 0.29) is 30.7 Å². The van der Waals surface area contributed by atoms with Crippen LogP contribution < -0.4 is 10.6 Å². The molecule has 1 aromatic carbocycles. The van der Waals surface area contributed by atoms with Crippen molar-refractivity contribution < 1.29 is 4.79 Å². The molecule has 1 aromatic heterocycles.